The van der Waals surface area contributed by atoms with E-state index in [0.29, 0.717) is 38.6 Å². The third-order valence-electron chi connectivity index (χ3n) is 3.92. The van der Waals surface area contributed by atoms with Crippen LogP contribution in [0.2, 0.25) is 15.1 Å². The summed E-state index contributed by atoms with van der Waals surface area (Å²) >= 11 is 21.6. The van der Waals surface area contributed by atoms with Crippen molar-refractivity contribution in [2.24, 2.45) is 0 Å². The van der Waals surface area contributed by atoms with Gasteiger partial charge in [0.1, 0.15) is 12.4 Å². The lowest BCUT2D eigenvalue weighted by molar-refractivity contribution is 0.305. The third kappa shape index (κ3) is 5.31. The average molecular weight is 494 g/mol. The Morgan fingerprint density at radius 1 is 0.964 bits per heavy atom. The number of nitriles is 1. The molecular weight excluding hydrogens is 481 g/mol. The van der Waals surface area contributed by atoms with Crippen molar-refractivity contribution >= 4 is 62.4 Å². The molecule has 28 heavy (non-hydrogen) atoms. The van der Waals surface area contributed by atoms with Crippen molar-refractivity contribution in [3.8, 4) is 11.8 Å². The van der Waals surface area contributed by atoms with Gasteiger partial charge in [-0.25, -0.2) is 0 Å². The Morgan fingerprint density at radius 3 is 2.36 bits per heavy atom. The zero-order chi connectivity index (χ0) is 20.1. The fraction of sp³-hybridized carbons (Fsp3) is 0.0455. The molecule has 0 heterocycles. The maximum absolute atomic E-state index is 9.65. The molecular formula is C22H13BrCl3NO. The molecule has 2 nitrogen and oxygen atoms in total. The second-order valence-electron chi connectivity index (χ2n) is 5.89. The number of ether oxygens (including phenoxy) is 1. The van der Waals surface area contributed by atoms with Crippen LogP contribution in [-0.2, 0) is 6.61 Å². The van der Waals surface area contributed by atoms with Crippen LogP contribution in [0.3, 0.4) is 0 Å². The van der Waals surface area contributed by atoms with Gasteiger partial charge in [-0.15, -0.1) is 0 Å². The molecule has 0 aromatic heterocycles. The molecule has 0 saturated heterocycles. The topological polar surface area (TPSA) is 33.0 Å². The fourth-order valence-electron chi connectivity index (χ4n) is 2.54. The van der Waals surface area contributed by atoms with E-state index in [9.17, 15) is 5.26 Å². The second kappa shape index (κ2) is 9.49. The highest BCUT2D eigenvalue weighted by molar-refractivity contribution is 9.10. The number of allylic oxidation sites excluding steroid dienone is 1. The van der Waals surface area contributed by atoms with E-state index in [1.54, 1.807) is 24.3 Å². The summed E-state index contributed by atoms with van der Waals surface area (Å²) in [5, 5.41) is 11.3. The Hall–Kier alpha value is -1.96. The third-order valence-corrected chi connectivity index (χ3v) is 5.21. The molecule has 0 saturated carbocycles. The Balaban J connectivity index is 1.93. The van der Waals surface area contributed by atoms with E-state index in [1.165, 1.54) is 0 Å². The van der Waals surface area contributed by atoms with Crippen molar-refractivity contribution in [2.75, 3.05) is 0 Å². The van der Waals surface area contributed by atoms with Gasteiger partial charge in [-0.1, -0.05) is 68.9 Å². The summed E-state index contributed by atoms with van der Waals surface area (Å²) in [5.41, 5.74) is 2.77. The van der Waals surface area contributed by atoms with E-state index in [0.717, 1.165) is 15.6 Å². The summed E-state index contributed by atoms with van der Waals surface area (Å²) in [4.78, 5) is 0. The highest BCUT2D eigenvalue weighted by atomic mass is 79.9. The molecule has 3 rings (SSSR count). The van der Waals surface area contributed by atoms with Crippen LogP contribution < -0.4 is 4.74 Å². The zero-order valence-electron chi connectivity index (χ0n) is 14.4. The predicted molar refractivity (Wildman–Crippen MR) is 120 cm³/mol. The van der Waals surface area contributed by atoms with Gasteiger partial charge < -0.3 is 4.74 Å². The van der Waals surface area contributed by atoms with E-state index in [-0.39, 0.29) is 0 Å². The first-order chi connectivity index (χ1) is 13.5. The monoisotopic (exact) mass is 491 g/mol. The molecule has 0 radical (unpaired) electrons. The normalized spacial score (nSPS) is 11.2. The van der Waals surface area contributed by atoms with Crippen LogP contribution in [0.1, 0.15) is 16.7 Å². The highest BCUT2D eigenvalue weighted by Crippen LogP contribution is 2.32. The minimum Gasteiger partial charge on any atom is -0.488 e. The van der Waals surface area contributed by atoms with Crippen LogP contribution in [0.5, 0.6) is 5.75 Å². The van der Waals surface area contributed by atoms with Gasteiger partial charge in [0.15, 0.2) is 0 Å². The number of nitrogens with zero attached hydrogens (tertiary/aromatic N) is 1. The summed E-state index contributed by atoms with van der Waals surface area (Å²) in [6, 6.07) is 20.3. The standard InChI is InChI=1S/C22H13BrCl3NO/c23-17-3-8-22(28-13-14-1-4-18(24)5-2-14)15(10-17)9-16(12-27)20-7-6-19(25)11-21(20)26/h1-11H,13H2/b16-9+. The Kier molecular flexibility index (Phi) is 7.04. The lowest BCUT2D eigenvalue weighted by atomic mass is 10.0. The van der Waals surface area contributed by atoms with Crippen molar-refractivity contribution in [1.82, 2.24) is 0 Å². The molecule has 0 aliphatic rings. The van der Waals surface area contributed by atoms with Crippen molar-refractivity contribution in [1.29, 1.82) is 5.26 Å². The van der Waals surface area contributed by atoms with Crippen LogP contribution in [0, 0.1) is 11.3 Å². The highest BCUT2D eigenvalue weighted by Gasteiger charge is 2.10. The van der Waals surface area contributed by atoms with Crippen LogP contribution in [-0.4, -0.2) is 0 Å². The molecule has 0 unspecified atom stereocenters. The number of rotatable bonds is 5. The van der Waals surface area contributed by atoms with Gasteiger partial charge in [0.05, 0.1) is 16.7 Å². The minimum atomic E-state index is 0.378. The lowest BCUT2D eigenvalue weighted by Gasteiger charge is -2.11. The van der Waals surface area contributed by atoms with Crippen LogP contribution in [0.15, 0.2) is 65.1 Å². The minimum absolute atomic E-state index is 0.378. The van der Waals surface area contributed by atoms with Crippen molar-refractivity contribution in [3.63, 3.8) is 0 Å². The maximum Gasteiger partial charge on any atom is 0.127 e. The van der Waals surface area contributed by atoms with Crippen molar-refractivity contribution < 1.29 is 4.74 Å². The largest absolute Gasteiger partial charge is 0.488 e. The maximum atomic E-state index is 9.65. The molecule has 6 heteroatoms. The SMILES string of the molecule is N#C/C(=C\c1cc(Br)ccc1OCc1ccc(Cl)cc1)c1ccc(Cl)cc1Cl. The van der Waals surface area contributed by atoms with E-state index in [4.69, 9.17) is 39.5 Å². The quantitative estimate of drug-likeness (QED) is 0.266. The van der Waals surface area contributed by atoms with Gasteiger partial charge in [0.25, 0.3) is 0 Å². The molecule has 0 bridgehead atoms. The van der Waals surface area contributed by atoms with Crippen molar-refractivity contribution in [2.45, 2.75) is 6.61 Å². The smallest absolute Gasteiger partial charge is 0.127 e. The van der Waals surface area contributed by atoms with E-state index < -0.39 is 0 Å². The molecule has 3 aromatic rings. The summed E-state index contributed by atoms with van der Waals surface area (Å²) in [7, 11) is 0. The van der Waals surface area contributed by atoms with E-state index in [2.05, 4.69) is 22.0 Å². The zero-order valence-corrected chi connectivity index (χ0v) is 18.3. The number of halogens is 4. The Labute approximate surface area is 187 Å². The molecule has 0 atom stereocenters. The molecule has 0 N–H and O–H groups in total. The number of benzene rings is 3. The molecule has 0 amide bonds. The first-order valence-corrected chi connectivity index (χ1v) is 10.1. The average Bonchev–Trinajstić information content (AvgIpc) is 2.67. The Morgan fingerprint density at radius 2 is 1.68 bits per heavy atom. The molecule has 0 aliphatic carbocycles. The van der Waals surface area contributed by atoms with Gasteiger partial charge in [-0.2, -0.15) is 5.26 Å². The van der Waals surface area contributed by atoms with Crippen LogP contribution >= 0.6 is 50.7 Å². The summed E-state index contributed by atoms with van der Waals surface area (Å²) in [5.74, 6) is 0.649. The molecule has 0 fully saturated rings. The summed E-state index contributed by atoms with van der Waals surface area (Å²) < 4.78 is 6.85. The molecule has 0 spiro atoms. The molecule has 3 aromatic carbocycles. The molecule has 140 valence electrons. The lowest BCUT2D eigenvalue weighted by Crippen LogP contribution is -1.97. The van der Waals surface area contributed by atoms with Gasteiger partial charge >= 0.3 is 0 Å². The molecule has 0 aliphatic heterocycles. The van der Waals surface area contributed by atoms with Gasteiger partial charge in [-0.3, -0.25) is 0 Å². The second-order valence-corrected chi connectivity index (χ2v) is 8.09. The first-order valence-electron chi connectivity index (χ1n) is 8.20. The summed E-state index contributed by atoms with van der Waals surface area (Å²) in [6.45, 7) is 0.378. The Bertz CT molecular complexity index is 1070. The van der Waals surface area contributed by atoms with Crippen LogP contribution in [0.25, 0.3) is 11.6 Å². The van der Waals surface area contributed by atoms with Gasteiger partial charge in [0, 0.05) is 25.6 Å². The van der Waals surface area contributed by atoms with Crippen molar-refractivity contribution in [3.05, 3.63) is 96.9 Å². The summed E-state index contributed by atoms with van der Waals surface area (Å²) in [6.07, 6.45) is 1.75. The van der Waals surface area contributed by atoms with E-state index in [1.807, 2.05) is 42.5 Å². The fourth-order valence-corrected chi connectivity index (χ4v) is 3.55. The predicted octanol–water partition coefficient (Wildman–Crippen LogP) is 8.05. The number of hydrogen-bond donors (Lipinski definition) is 0. The van der Waals surface area contributed by atoms with Crippen LogP contribution in [0.4, 0.5) is 0 Å². The van der Waals surface area contributed by atoms with Gasteiger partial charge in [0.2, 0.25) is 0 Å². The number of hydrogen-bond acceptors (Lipinski definition) is 2. The first kappa shape index (κ1) is 20.8. The van der Waals surface area contributed by atoms with Gasteiger partial charge in [-0.05, 0) is 54.1 Å². The van der Waals surface area contributed by atoms with E-state index >= 15 is 0 Å².